The average Bonchev–Trinajstić information content (AvgIpc) is 2.53. The van der Waals surface area contributed by atoms with Crippen molar-refractivity contribution in [3.8, 4) is 23.5 Å². The molecular weight excluding hydrogens is 271 g/mol. The van der Waals surface area contributed by atoms with Crippen molar-refractivity contribution in [2.45, 2.75) is 6.61 Å². The summed E-state index contributed by atoms with van der Waals surface area (Å²) in [6.07, 6.45) is 0. The van der Waals surface area contributed by atoms with Gasteiger partial charge in [-0.1, -0.05) is 17.9 Å². The van der Waals surface area contributed by atoms with Crippen molar-refractivity contribution in [1.29, 1.82) is 0 Å². The van der Waals surface area contributed by atoms with Gasteiger partial charge in [-0.05, 0) is 24.3 Å². The average molecular weight is 286 g/mol. The summed E-state index contributed by atoms with van der Waals surface area (Å²) in [4.78, 5) is 4.19. The lowest BCUT2D eigenvalue weighted by atomic mass is 10.2. The molecule has 0 saturated carbocycles. The summed E-state index contributed by atoms with van der Waals surface area (Å²) in [5, 5.41) is 0. The standard InChI is InChI=1S/C16H15FN2O2/c1-20-16-6-2-5-13(19-16)11-21-15-10-12(4-3-9-18)7-8-14(15)17/h2,5-8,10H,9,11,18H2,1H3. The van der Waals surface area contributed by atoms with Gasteiger partial charge in [-0.25, -0.2) is 9.37 Å². The van der Waals surface area contributed by atoms with Crippen molar-refractivity contribution in [3.05, 3.63) is 53.5 Å². The van der Waals surface area contributed by atoms with Crippen LogP contribution in [0.1, 0.15) is 11.3 Å². The molecule has 1 aromatic carbocycles. The molecule has 0 aliphatic carbocycles. The largest absolute Gasteiger partial charge is 0.484 e. The summed E-state index contributed by atoms with van der Waals surface area (Å²) in [5.74, 6) is 5.71. The van der Waals surface area contributed by atoms with Crippen LogP contribution >= 0.6 is 0 Å². The first-order valence-corrected chi connectivity index (χ1v) is 6.34. The van der Waals surface area contributed by atoms with E-state index in [0.29, 0.717) is 17.1 Å². The van der Waals surface area contributed by atoms with Gasteiger partial charge >= 0.3 is 0 Å². The first-order chi connectivity index (χ1) is 10.2. The maximum atomic E-state index is 13.7. The molecule has 2 N–H and O–H groups in total. The molecule has 0 spiro atoms. The van der Waals surface area contributed by atoms with E-state index in [-0.39, 0.29) is 18.9 Å². The van der Waals surface area contributed by atoms with Gasteiger partial charge in [0.1, 0.15) is 6.61 Å². The van der Waals surface area contributed by atoms with E-state index in [4.69, 9.17) is 15.2 Å². The lowest BCUT2D eigenvalue weighted by Gasteiger charge is -2.08. The molecule has 2 rings (SSSR count). The van der Waals surface area contributed by atoms with Crippen LogP contribution in [0.25, 0.3) is 0 Å². The molecule has 0 aliphatic rings. The number of rotatable bonds is 4. The summed E-state index contributed by atoms with van der Waals surface area (Å²) in [5.41, 5.74) is 6.60. The van der Waals surface area contributed by atoms with Gasteiger partial charge in [-0.15, -0.1) is 0 Å². The zero-order chi connectivity index (χ0) is 15.1. The van der Waals surface area contributed by atoms with Crippen molar-refractivity contribution in [3.63, 3.8) is 0 Å². The first kappa shape index (κ1) is 14.8. The minimum absolute atomic E-state index is 0.128. The number of pyridine rings is 1. The molecule has 0 fully saturated rings. The van der Waals surface area contributed by atoms with Crippen LogP contribution in [0.15, 0.2) is 36.4 Å². The van der Waals surface area contributed by atoms with Gasteiger partial charge in [0.2, 0.25) is 5.88 Å². The van der Waals surface area contributed by atoms with E-state index in [1.165, 1.54) is 19.2 Å². The van der Waals surface area contributed by atoms with E-state index in [1.807, 2.05) is 0 Å². The van der Waals surface area contributed by atoms with E-state index >= 15 is 0 Å². The smallest absolute Gasteiger partial charge is 0.213 e. The predicted octanol–water partition coefficient (Wildman–Crippen LogP) is 2.12. The Morgan fingerprint density at radius 3 is 2.90 bits per heavy atom. The Morgan fingerprint density at radius 1 is 1.29 bits per heavy atom. The van der Waals surface area contributed by atoms with Crippen LogP contribution < -0.4 is 15.2 Å². The summed E-state index contributed by atoms with van der Waals surface area (Å²) in [6, 6.07) is 9.73. The highest BCUT2D eigenvalue weighted by atomic mass is 19.1. The predicted molar refractivity (Wildman–Crippen MR) is 77.5 cm³/mol. The molecule has 0 bridgehead atoms. The fourth-order valence-electron chi connectivity index (χ4n) is 1.65. The van der Waals surface area contributed by atoms with Crippen molar-refractivity contribution < 1.29 is 13.9 Å². The highest BCUT2D eigenvalue weighted by Gasteiger charge is 2.05. The second-order valence-corrected chi connectivity index (χ2v) is 4.11. The number of halogens is 1. The van der Waals surface area contributed by atoms with Gasteiger partial charge in [0.15, 0.2) is 11.6 Å². The number of ether oxygens (including phenoxy) is 2. The molecule has 1 aromatic heterocycles. The third-order valence-corrected chi connectivity index (χ3v) is 2.63. The normalized spacial score (nSPS) is 9.67. The highest BCUT2D eigenvalue weighted by molar-refractivity contribution is 5.40. The zero-order valence-corrected chi connectivity index (χ0v) is 11.6. The number of hydrogen-bond acceptors (Lipinski definition) is 4. The lowest BCUT2D eigenvalue weighted by molar-refractivity contribution is 0.283. The van der Waals surface area contributed by atoms with Crippen LogP contribution in [-0.2, 0) is 6.61 Å². The maximum Gasteiger partial charge on any atom is 0.213 e. The Labute approximate surface area is 122 Å². The minimum Gasteiger partial charge on any atom is -0.484 e. The Hall–Kier alpha value is -2.58. The molecular formula is C16H15FN2O2. The van der Waals surface area contributed by atoms with Gasteiger partial charge < -0.3 is 15.2 Å². The van der Waals surface area contributed by atoms with Gasteiger partial charge in [0.05, 0.1) is 19.3 Å². The van der Waals surface area contributed by atoms with Crippen LogP contribution in [-0.4, -0.2) is 18.6 Å². The second-order valence-electron chi connectivity index (χ2n) is 4.11. The fourth-order valence-corrected chi connectivity index (χ4v) is 1.65. The van der Waals surface area contributed by atoms with Gasteiger partial charge in [0, 0.05) is 11.6 Å². The molecule has 2 aromatic rings. The van der Waals surface area contributed by atoms with Gasteiger partial charge in [-0.3, -0.25) is 0 Å². The van der Waals surface area contributed by atoms with Crippen molar-refractivity contribution in [1.82, 2.24) is 4.98 Å². The van der Waals surface area contributed by atoms with Crippen LogP contribution in [0.2, 0.25) is 0 Å². The van der Waals surface area contributed by atoms with E-state index in [9.17, 15) is 4.39 Å². The van der Waals surface area contributed by atoms with E-state index < -0.39 is 5.82 Å². The fraction of sp³-hybridized carbons (Fsp3) is 0.188. The summed E-state index contributed by atoms with van der Waals surface area (Å²) >= 11 is 0. The van der Waals surface area contributed by atoms with Crippen molar-refractivity contribution >= 4 is 0 Å². The number of nitrogens with zero attached hydrogens (tertiary/aromatic N) is 1. The van der Waals surface area contributed by atoms with Crippen LogP contribution in [0.4, 0.5) is 4.39 Å². The monoisotopic (exact) mass is 286 g/mol. The quantitative estimate of drug-likeness (QED) is 0.875. The van der Waals surface area contributed by atoms with Crippen LogP contribution in [0.3, 0.4) is 0 Å². The molecule has 1 heterocycles. The van der Waals surface area contributed by atoms with Crippen LogP contribution in [0, 0.1) is 17.7 Å². The number of nitrogens with two attached hydrogens (primary N) is 1. The molecule has 4 nitrogen and oxygen atoms in total. The molecule has 0 unspecified atom stereocenters. The summed E-state index contributed by atoms with van der Waals surface area (Å²) in [6.45, 7) is 0.392. The second kappa shape index (κ2) is 7.27. The maximum absolute atomic E-state index is 13.7. The molecule has 5 heteroatoms. The number of benzene rings is 1. The molecule has 0 atom stereocenters. The number of hydrogen-bond donors (Lipinski definition) is 1. The minimum atomic E-state index is -0.448. The number of methoxy groups -OCH3 is 1. The Morgan fingerprint density at radius 2 is 2.14 bits per heavy atom. The molecule has 0 amide bonds. The van der Waals surface area contributed by atoms with E-state index in [0.717, 1.165) is 0 Å². The summed E-state index contributed by atoms with van der Waals surface area (Å²) in [7, 11) is 1.53. The van der Waals surface area contributed by atoms with Crippen molar-refractivity contribution in [2.24, 2.45) is 5.73 Å². The first-order valence-electron chi connectivity index (χ1n) is 6.34. The Bertz CT molecular complexity index is 677. The Balaban J connectivity index is 2.11. The van der Waals surface area contributed by atoms with Gasteiger partial charge in [-0.2, -0.15) is 0 Å². The molecule has 21 heavy (non-hydrogen) atoms. The third kappa shape index (κ3) is 4.20. The lowest BCUT2D eigenvalue weighted by Crippen LogP contribution is -2.01. The number of aromatic nitrogens is 1. The SMILES string of the molecule is COc1cccc(COc2cc(C#CCN)ccc2F)n1. The van der Waals surface area contributed by atoms with E-state index in [1.54, 1.807) is 24.3 Å². The molecule has 108 valence electrons. The highest BCUT2D eigenvalue weighted by Crippen LogP contribution is 2.20. The van der Waals surface area contributed by atoms with Crippen LogP contribution in [0.5, 0.6) is 11.6 Å². The van der Waals surface area contributed by atoms with Gasteiger partial charge in [0.25, 0.3) is 0 Å². The zero-order valence-electron chi connectivity index (χ0n) is 11.6. The topological polar surface area (TPSA) is 57.4 Å². The van der Waals surface area contributed by atoms with Crippen molar-refractivity contribution in [2.75, 3.05) is 13.7 Å². The molecule has 0 aliphatic heterocycles. The van der Waals surface area contributed by atoms with E-state index in [2.05, 4.69) is 16.8 Å². The Kier molecular flexibility index (Phi) is 5.13. The molecule has 0 saturated heterocycles. The summed E-state index contributed by atoms with van der Waals surface area (Å²) < 4.78 is 24.2. The molecule has 0 radical (unpaired) electrons. The third-order valence-electron chi connectivity index (χ3n) is 2.63.